The summed E-state index contributed by atoms with van der Waals surface area (Å²) in [6, 6.07) is 6.51. The Kier molecular flexibility index (Phi) is 10.8. The smallest absolute Gasteiger partial charge is 0.341 e. The third kappa shape index (κ3) is 12.9. The highest BCUT2D eigenvalue weighted by molar-refractivity contribution is 6.30. The maximum atomic E-state index is 10.1. The van der Waals surface area contributed by atoms with Crippen LogP contribution in [0.1, 0.15) is 19.8 Å². The van der Waals surface area contributed by atoms with E-state index in [1.807, 2.05) is 0 Å². The summed E-state index contributed by atoms with van der Waals surface area (Å²) in [5.74, 6) is -0.395. The number of carbonyl (C=O) groups is 1. The van der Waals surface area contributed by atoms with E-state index in [0.717, 1.165) is 12.8 Å². The summed E-state index contributed by atoms with van der Waals surface area (Å²) in [7, 11) is 0. The highest BCUT2D eigenvalue weighted by Gasteiger charge is 1.97. The third-order valence-corrected chi connectivity index (χ3v) is 2.46. The van der Waals surface area contributed by atoms with Crippen LogP contribution in [0.2, 0.25) is 5.02 Å². The van der Waals surface area contributed by atoms with Gasteiger partial charge in [-0.15, -0.1) is 0 Å². The number of carboxylic acids is 1. The zero-order valence-corrected chi connectivity index (χ0v) is 13.7. The fraction of sp³-hybridized carbons (Fsp3) is 0.357. The van der Waals surface area contributed by atoms with Crippen molar-refractivity contribution < 1.29 is 14.6 Å². The van der Waals surface area contributed by atoms with Gasteiger partial charge in [-0.25, -0.2) is 4.79 Å². The lowest BCUT2D eigenvalue weighted by Gasteiger charge is -2.01. The highest BCUT2D eigenvalue weighted by Crippen LogP contribution is 2.15. The first kappa shape index (κ1) is 20.5. The molecular formula is C14H22ClN5O3. The molecule has 0 bridgehead atoms. The van der Waals surface area contributed by atoms with Gasteiger partial charge in [0.05, 0.1) is 0 Å². The molecule has 1 rings (SSSR count). The normalized spacial score (nSPS) is 10.3. The van der Waals surface area contributed by atoms with E-state index in [-0.39, 0.29) is 18.5 Å². The van der Waals surface area contributed by atoms with Crippen LogP contribution in [-0.2, 0) is 4.79 Å². The monoisotopic (exact) mass is 343 g/mol. The number of hydrogen-bond donors (Lipinski definition) is 4. The van der Waals surface area contributed by atoms with Crippen molar-refractivity contribution in [1.29, 1.82) is 0 Å². The Bertz CT molecular complexity index is 528. The fourth-order valence-electron chi connectivity index (χ4n) is 1.20. The number of guanidine groups is 2. The predicted molar refractivity (Wildman–Crippen MR) is 91.8 cm³/mol. The molecule has 9 heteroatoms. The SMILES string of the molecule is CCCCN=C(N)N=C(N)N.O=C(O)COc1ccc(Cl)cc1. The minimum Gasteiger partial charge on any atom is -0.482 e. The summed E-state index contributed by atoms with van der Waals surface area (Å²) in [5, 5.41) is 8.87. The molecule has 0 radical (unpaired) electrons. The number of aliphatic carboxylic acids is 1. The van der Waals surface area contributed by atoms with E-state index in [2.05, 4.69) is 16.9 Å². The first-order chi connectivity index (χ1) is 10.8. The molecule has 7 N–H and O–H groups in total. The van der Waals surface area contributed by atoms with Crippen LogP contribution >= 0.6 is 11.6 Å². The maximum Gasteiger partial charge on any atom is 0.341 e. The van der Waals surface area contributed by atoms with Gasteiger partial charge >= 0.3 is 5.97 Å². The van der Waals surface area contributed by atoms with Crippen LogP contribution in [0.5, 0.6) is 5.75 Å². The Hall–Kier alpha value is -2.48. The number of benzene rings is 1. The molecule has 0 amide bonds. The van der Waals surface area contributed by atoms with Gasteiger partial charge in [0.25, 0.3) is 0 Å². The van der Waals surface area contributed by atoms with Crippen LogP contribution in [0.15, 0.2) is 34.3 Å². The minimum absolute atomic E-state index is 0.0530. The van der Waals surface area contributed by atoms with Gasteiger partial charge in [-0.3, -0.25) is 4.99 Å². The van der Waals surface area contributed by atoms with Gasteiger partial charge in [-0.1, -0.05) is 24.9 Å². The van der Waals surface area contributed by atoms with Crippen molar-refractivity contribution in [1.82, 2.24) is 0 Å². The lowest BCUT2D eigenvalue weighted by Crippen LogP contribution is -2.26. The number of rotatable bonds is 6. The summed E-state index contributed by atoms with van der Waals surface area (Å²) in [6.45, 7) is 2.42. The number of ether oxygens (including phenoxy) is 1. The Balaban J connectivity index is 0.000000423. The van der Waals surface area contributed by atoms with E-state index in [4.69, 9.17) is 38.6 Å². The molecule has 0 heterocycles. The number of aliphatic imine (C=N–C) groups is 2. The van der Waals surface area contributed by atoms with Gasteiger partial charge < -0.3 is 27.0 Å². The molecule has 23 heavy (non-hydrogen) atoms. The maximum absolute atomic E-state index is 10.1. The number of unbranched alkanes of at least 4 members (excludes halogenated alkanes) is 1. The molecule has 0 saturated carbocycles. The van der Waals surface area contributed by atoms with Crippen molar-refractivity contribution in [3.05, 3.63) is 29.3 Å². The van der Waals surface area contributed by atoms with E-state index >= 15 is 0 Å². The molecule has 8 nitrogen and oxygen atoms in total. The van der Waals surface area contributed by atoms with Gasteiger partial charge in [0.1, 0.15) is 5.75 Å². The third-order valence-electron chi connectivity index (χ3n) is 2.21. The number of halogens is 1. The second-order valence-electron chi connectivity index (χ2n) is 4.27. The van der Waals surface area contributed by atoms with Crippen molar-refractivity contribution in [2.45, 2.75) is 19.8 Å². The van der Waals surface area contributed by atoms with Gasteiger partial charge in [0, 0.05) is 11.6 Å². The summed E-state index contributed by atoms with van der Waals surface area (Å²) in [5.41, 5.74) is 15.4. The Morgan fingerprint density at radius 3 is 2.35 bits per heavy atom. The van der Waals surface area contributed by atoms with E-state index in [9.17, 15) is 4.79 Å². The standard InChI is InChI=1S/C8H7ClO3.C6H15N5/c9-6-1-3-7(4-2-6)12-5-8(10)11;1-2-3-4-10-6(9)11-5(7)8/h1-4H,5H2,(H,10,11);2-4H2,1H3,(H6,7,8,9,10,11). The van der Waals surface area contributed by atoms with E-state index < -0.39 is 5.97 Å². The molecule has 1 aromatic carbocycles. The summed E-state index contributed by atoms with van der Waals surface area (Å²) >= 11 is 5.60. The molecule has 0 fully saturated rings. The second-order valence-corrected chi connectivity index (χ2v) is 4.70. The molecule has 0 aliphatic rings. The molecule has 0 spiro atoms. The lowest BCUT2D eigenvalue weighted by atomic mass is 10.3. The van der Waals surface area contributed by atoms with Crippen LogP contribution in [0.3, 0.4) is 0 Å². The van der Waals surface area contributed by atoms with Crippen LogP contribution in [0.4, 0.5) is 0 Å². The first-order valence-electron chi connectivity index (χ1n) is 6.84. The molecule has 0 aliphatic heterocycles. The molecular weight excluding hydrogens is 322 g/mol. The molecule has 0 unspecified atom stereocenters. The number of carboxylic acid groups (broad SMARTS) is 1. The molecule has 0 aliphatic carbocycles. The van der Waals surface area contributed by atoms with Crippen LogP contribution in [0, 0.1) is 0 Å². The largest absolute Gasteiger partial charge is 0.482 e. The van der Waals surface area contributed by atoms with E-state index in [0.29, 0.717) is 17.3 Å². The minimum atomic E-state index is -0.995. The Morgan fingerprint density at radius 1 is 1.26 bits per heavy atom. The average Bonchev–Trinajstić information content (AvgIpc) is 2.47. The van der Waals surface area contributed by atoms with Crippen molar-refractivity contribution in [2.24, 2.45) is 27.2 Å². The van der Waals surface area contributed by atoms with Crippen LogP contribution in [-0.4, -0.2) is 36.1 Å². The lowest BCUT2D eigenvalue weighted by molar-refractivity contribution is -0.139. The van der Waals surface area contributed by atoms with Gasteiger partial charge in [-0.05, 0) is 30.7 Å². The van der Waals surface area contributed by atoms with Gasteiger partial charge in [0.2, 0.25) is 5.96 Å². The van der Waals surface area contributed by atoms with Gasteiger partial charge in [-0.2, -0.15) is 4.99 Å². The van der Waals surface area contributed by atoms with E-state index in [1.54, 1.807) is 24.3 Å². The topological polar surface area (TPSA) is 149 Å². The van der Waals surface area contributed by atoms with Crippen molar-refractivity contribution in [3.63, 3.8) is 0 Å². The van der Waals surface area contributed by atoms with Crippen molar-refractivity contribution >= 4 is 29.5 Å². The van der Waals surface area contributed by atoms with Gasteiger partial charge in [0.15, 0.2) is 12.6 Å². The quantitative estimate of drug-likeness (QED) is 0.346. The second kappa shape index (κ2) is 12.1. The van der Waals surface area contributed by atoms with Crippen molar-refractivity contribution in [2.75, 3.05) is 13.2 Å². The van der Waals surface area contributed by atoms with Crippen LogP contribution in [0.25, 0.3) is 0 Å². The molecule has 0 saturated heterocycles. The fourth-order valence-corrected chi connectivity index (χ4v) is 1.32. The van der Waals surface area contributed by atoms with Crippen LogP contribution < -0.4 is 21.9 Å². The highest BCUT2D eigenvalue weighted by atomic mass is 35.5. The first-order valence-corrected chi connectivity index (χ1v) is 7.22. The zero-order chi connectivity index (χ0) is 17.7. The summed E-state index contributed by atoms with van der Waals surface area (Å²) in [6.07, 6.45) is 2.08. The summed E-state index contributed by atoms with van der Waals surface area (Å²) < 4.78 is 4.86. The Labute approximate surface area is 140 Å². The Morgan fingerprint density at radius 2 is 1.87 bits per heavy atom. The number of hydrogen-bond acceptors (Lipinski definition) is 3. The molecule has 0 aromatic heterocycles. The van der Waals surface area contributed by atoms with Crippen molar-refractivity contribution in [3.8, 4) is 5.75 Å². The molecule has 0 atom stereocenters. The number of nitrogens with two attached hydrogens (primary N) is 3. The predicted octanol–water partition coefficient (Wildman–Crippen LogP) is 1.18. The van der Waals surface area contributed by atoms with E-state index in [1.165, 1.54) is 0 Å². The summed E-state index contributed by atoms with van der Waals surface area (Å²) in [4.78, 5) is 17.5. The number of nitrogens with zero attached hydrogens (tertiary/aromatic N) is 2. The molecule has 1 aromatic rings. The zero-order valence-electron chi connectivity index (χ0n) is 12.9. The average molecular weight is 344 g/mol. The molecule has 128 valence electrons.